The van der Waals surface area contributed by atoms with E-state index in [9.17, 15) is 9.59 Å². The fourth-order valence-electron chi connectivity index (χ4n) is 2.86. The monoisotopic (exact) mass is 312 g/mol. The number of piperazine rings is 1. The lowest BCUT2D eigenvalue weighted by Crippen LogP contribution is -2.57. The van der Waals surface area contributed by atoms with Crippen LogP contribution in [0.3, 0.4) is 0 Å². The van der Waals surface area contributed by atoms with Crippen LogP contribution in [0, 0.1) is 0 Å². The molecule has 2 heterocycles. The molecule has 1 aliphatic heterocycles. The SMILES string of the molecule is C[C@H]1C(=O)N(Cc2ccccc2)CC(=O)N1Cc1cnn(C)c1. The van der Waals surface area contributed by atoms with Crippen LogP contribution >= 0.6 is 0 Å². The molecular formula is C17H20N4O2. The number of hydrogen-bond donors (Lipinski definition) is 0. The molecule has 3 rings (SSSR count). The minimum Gasteiger partial charge on any atom is -0.327 e. The summed E-state index contributed by atoms with van der Waals surface area (Å²) in [6.07, 6.45) is 3.58. The van der Waals surface area contributed by atoms with Gasteiger partial charge in [0.15, 0.2) is 0 Å². The number of hydrogen-bond acceptors (Lipinski definition) is 3. The van der Waals surface area contributed by atoms with Crippen molar-refractivity contribution in [1.29, 1.82) is 0 Å². The van der Waals surface area contributed by atoms with Gasteiger partial charge in [-0.05, 0) is 12.5 Å². The maximum absolute atomic E-state index is 12.6. The average molecular weight is 312 g/mol. The first kappa shape index (κ1) is 15.3. The topological polar surface area (TPSA) is 58.4 Å². The maximum Gasteiger partial charge on any atom is 0.245 e. The van der Waals surface area contributed by atoms with Crippen molar-refractivity contribution >= 4 is 11.8 Å². The molecule has 1 aliphatic rings. The first-order chi connectivity index (χ1) is 11.0. The lowest BCUT2D eigenvalue weighted by molar-refractivity contribution is -0.156. The van der Waals surface area contributed by atoms with Gasteiger partial charge >= 0.3 is 0 Å². The first-order valence-electron chi connectivity index (χ1n) is 7.64. The molecule has 1 atom stereocenters. The molecule has 0 bridgehead atoms. The third kappa shape index (κ3) is 3.26. The number of benzene rings is 1. The Bertz CT molecular complexity index is 710. The van der Waals surface area contributed by atoms with E-state index < -0.39 is 6.04 Å². The first-order valence-corrected chi connectivity index (χ1v) is 7.64. The highest BCUT2D eigenvalue weighted by atomic mass is 16.2. The summed E-state index contributed by atoms with van der Waals surface area (Å²) >= 11 is 0. The third-order valence-electron chi connectivity index (χ3n) is 4.11. The van der Waals surface area contributed by atoms with Crippen LogP contribution in [0.15, 0.2) is 42.7 Å². The molecule has 0 N–H and O–H groups in total. The lowest BCUT2D eigenvalue weighted by atomic mass is 10.1. The van der Waals surface area contributed by atoms with E-state index in [4.69, 9.17) is 0 Å². The van der Waals surface area contributed by atoms with Gasteiger partial charge < -0.3 is 9.80 Å². The van der Waals surface area contributed by atoms with E-state index >= 15 is 0 Å². The second-order valence-corrected chi connectivity index (χ2v) is 5.90. The fraction of sp³-hybridized carbons (Fsp3) is 0.353. The van der Waals surface area contributed by atoms with Crippen molar-refractivity contribution in [2.24, 2.45) is 7.05 Å². The number of rotatable bonds is 4. The van der Waals surface area contributed by atoms with E-state index in [0.29, 0.717) is 13.1 Å². The molecule has 1 fully saturated rings. The smallest absolute Gasteiger partial charge is 0.245 e. The zero-order valence-corrected chi connectivity index (χ0v) is 13.3. The predicted octanol–water partition coefficient (Wildman–Crippen LogP) is 1.18. The summed E-state index contributed by atoms with van der Waals surface area (Å²) in [5, 5.41) is 4.11. The van der Waals surface area contributed by atoms with Crippen molar-refractivity contribution in [3.8, 4) is 0 Å². The van der Waals surface area contributed by atoms with Gasteiger partial charge in [-0.3, -0.25) is 14.3 Å². The highest BCUT2D eigenvalue weighted by Crippen LogP contribution is 2.18. The van der Waals surface area contributed by atoms with Gasteiger partial charge in [0, 0.05) is 31.9 Å². The summed E-state index contributed by atoms with van der Waals surface area (Å²) in [4.78, 5) is 28.3. The van der Waals surface area contributed by atoms with Crippen molar-refractivity contribution in [3.63, 3.8) is 0 Å². The van der Waals surface area contributed by atoms with E-state index in [0.717, 1.165) is 11.1 Å². The van der Waals surface area contributed by atoms with Crippen LogP contribution in [-0.4, -0.2) is 44.0 Å². The van der Waals surface area contributed by atoms with Gasteiger partial charge in [0.25, 0.3) is 0 Å². The number of aryl methyl sites for hydroxylation is 1. The Labute approximate surface area is 135 Å². The van der Waals surface area contributed by atoms with Crippen molar-refractivity contribution in [2.45, 2.75) is 26.1 Å². The normalized spacial score (nSPS) is 18.6. The Hall–Kier alpha value is -2.63. The van der Waals surface area contributed by atoms with E-state index in [2.05, 4.69) is 5.10 Å². The largest absolute Gasteiger partial charge is 0.327 e. The van der Waals surface area contributed by atoms with Gasteiger partial charge in [-0.25, -0.2) is 0 Å². The summed E-state index contributed by atoms with van der Waals surface area (Å²) in [5.41, 5.74) is 1.96. The molecule has 6 nitrogen and oxygen atoms in total. The van der Waals surface area contributed by atoms with Crippen molar-refractivity contribution in [3.05, 3.63) is 53.9 Å². The maximum atomic E-state index is 12.6. The highest BCUT2D eigenvalue weighted by Gasteiger charge is 2.36. The van der Waals surface area contributed by atoms with Crippen LogP contribution in [0.1, 0.15) is 18.1 Å². The average Bonchev–Trinajstić information content (AvgIpc) is 2.95. The molecule has 0 unspecified atom stereocenters. The van der Waals surface area contributed by atoms with Crippen LogP contribution in [0.5, 0.6) is 0 Å². The predicted molar refractivity (Wildman–Crippen MR) is 85.1 cm³/mol. The van der Waals surface area contributed by atoms with Crippen molar-refractivity contribution in [1.82, 2.24) is 19.6 Å². The molecule has 1 saturated heterocycles. The van der Waals surface area contributed by atoms with Gasteiger partial charge in [0.2, 0.25) is 11.8 Å². The van der Waals surface area contributed by atoms with Crippen molar-refractivity contribution < 1.29 is 9.59 Å². The van der Waals surface area contributed by atoms with Crippen LogP contribution in [0.25, 0.3) is 0 Å². The van der Waals surface area contributed by atoms with Crippen molar-refractivity contribution in [2.75, 3.05) is 6.54 Å². The molecule has 120 valence electrons. The van der Waals surface area contributed by atoms with E-state index in [1.165, 1.54) is 0 Å². The Morgan fingerprint density at radius 2 is 1.87 bits per heavy atom. The Morgan fingerprint density at radius 3 is 2.52 bits per heavy atom. The molecule has 1 aromatic heterocycles. The molecule has 0 aliphatic carbocycles. The Morgan fingerprint density at radius 1 is 1.13 bits per heavy atom. The Balaban J connectivity index is 1.71. The Kier molecular flexibility index (Phi) is 4.14. The summed E-state index contributed by atoms with van der Waals surface area (Å²) in [6.45, 7) is 2.79. The van der Waals surface area contributed by atoms with E-state index in [-0.39, 0.29) is 18.4 Å². The highest BCUT2D eigenvalue weighted by molar-refractivity contribution is 5.94. The third-order valence-corrected chi connectivity index (χ3v) is 4.11. The molecule has 23 heavy (non-hydrogen) atoms. The number of nitrogens with zero attached hydrogens (tertiary/aromatic N) is 4. The van der Waals surface area contributed by atoms with Gasteiger partial charge in [0.1, 0.15) is 12.6 Å². The number of amides is 2. The fourth-order valence-corrected chi connectivity index (χ4v) is 2.86. The van der Waals surface area contributed by atoms with Gasteiger partial charge in [-0.1, -0.05) is 30.3 Å². The molecule has 0 spiro atoms. The molecule has 0 saturated carbocycles. The zero-order valence-electron chi connectivity index (χ0n) is 13.3. The lowest BCUT2D eigenvalue weighted by Gasteiger charge is -2.38. The van der Waals surface area contributed by atoms with Gasteiger partial charge in [-0.2, -0.15) is 5.10 Å². The van der Waals surface area contributed by atoms with E-state index in [1.807, 2.05) is 43.6 Å². The molecule has 1 aromatic carbocycles. The minimum absolute atomic E-state index is 0.0163. The molecular weight excluding hydrogens is 292 g/mol. The summed E-state index contributed by atoms with van der Waals surface area (Å²) in [7, 11) is 1.83. The standard InChI is InChI=1S/C17H20N4O2/c1-13-17(23)20(10-14-6-4-3-5-7-14)12-16(22)21(13)11-15-8-18-19(2)9-15/h3-9,13H,10-12H2,1-2H3/t13-/m0/s1. The molecule has 0 radical (unpaired) electrons. The zero-order chi connectivity index (χ0) is 16.4. The van der Waals surface area contributed by atoms with Crippen LogP contribution < -0.4 is 0 Å². The quantitative estimate of drug-likeness (QED) is 0.852. The van der Waals surface area contributed by atoms with Gasteiger partial charge in [-0.15, -0.1) is 0 Å². The number of aromatic nitrogens is 2. The molecule has 2 amide bonds. The van der Waals surface area contributed by atoms with E-state index in [1.54, 1.807) is 27.6 Å². The van der Waals surface area contributed by atoms with Crippen LogP contribution in [-0.2, 0) is 29.7 Å². The van der Waals surface area contributed by atoms with Crippen LogP contribution in [0.4, 0.5) is 0 Å². The second-order valence-electron chi connectivity index (χ2n) is 5.90. The molecule has 2 aromatic rings. The molecule has 6 heteroatoms. The number of carbonyl (C=O) groups is 2. The summed E-state index contributed by atoms with van der Waals surface area (Å²) in [6, 6.07) is 9.27. The van der Waals surface area contributed by atoms with Crippen LogP contribution in [0.2, 0.25) is 0 Å². The van der Waals surface area contributed by atoms with Gasteiger partial charge in [0.05, 0.1) is 6.20 Å². The summed E-state index contributed by atoms with van der Waals surface area (Å²) in [5.74, 6) is -0.0470. The second kappa shape index (κ2) is 6.24. The summed E-state index contributed by atoms with van der Waals surface area (Å²) < 4.78 is 1.69. The minimum atomic E-state index is -0.458. The number of carbonyl (C=O) groups excluding carboxylic acids is 2.